The van der Waals surface area contributed by atoms with Crippen molar-refractivity contribution in [2.75, 3.05) is 12.4 Å². The number of benzene rings is 2. The van der Waals surface area contributed by atoms with E-state index in [1.54, 1.807) is 32.4 Å². The van der Waals surface area contributed by atoms with Gasteiger partial charge in [-0.1, -0.05) is 17.3 Å². The number of methoxy groups -OCH3 is 1. The summed E-state index contributed by atoms with van der Waals surface area (Å²) in [6.07, 6.45) is 1.77. The lowest BCUT2D eigenvalue weighted by atomic mass is 10.1. The minimum Gasteiger partial charge on any atom is -0.497 e. The minimum atomic E-state index is -0.166. The summed E-state index contributed by atoms with van der Waals surface area (Å²) < 4.78 is 15.8. The standard InChI is InChI=1S/C20H17N3O4/c1-12-21-20(23-27-12)16-5-3-4-6-17(16)22-19(24)9-13-11-26-18-10-14(25-2)7-8-15(13)18/h3-8,10-11H,9H2,1-2H3,(H,22,24). The first-order valence-corrected chi connectivity index (χ1v) is 8.38. The number of nitrogens with zero attached hydrogens (tertiary/aromatic N) is 2. The van der Waals surface area contributed by atoms with E-state index in [9.17, 15) is 4.79 Å². The number of carbonyl (C=O) groups is 1. The van der Waals surface area contributed by atoms with Crippen molar-refractivity contribution in [3.05, 3.63) is 60.2 Å². The molecule has 0 saturated heterocycles. The van der Waals surface area contributed by atoms with E-state index in [1.165, 1.54) is 0 Å². The van der Waals surface area contributed by atoms with Crippen LogP contribution in [0, 0.1) is 6.92 Å². The third-order valence-corrected chi connectivity index (χ3v) is 4.18. The van der Waals surface area contributed by atoms with Crippen LogP contribution >= 0.6 is 0 Å². The Labute approximate surface area is 154 Å². The fourth-order valence-corrected chi connectivity index (χ4v) is 2.89. The van der Waals surface area contributed by atoms with E-state index in [2.05, 4.69) is 15.5 Å². The highest BCUT2D eigenvalue weighted by molar-refractivity contribution is 5.98. The molecule has 0 aliphatic carbocycles. The molecule has 1 amide bonds. The van der Waals surface area contributed by atoms with Crippen molar-refractivity contribution in [3.8, 4) is 17.1 Å². The van der Waals surface area contributed by atoms with Gasteiger partial charge in [0.2, 0.25) is 17.6 Å². The van der Waals surface area contributed by atoms with Crippen molar-refractivity contribution < 1.29 is 18.5 Å². The number of aryl methyl sites for hydroxylation is 1. The zero-order chi connectivity index (χ0) is 18.8. The van der Waals surface area contributed by atoms with Gasteiger partial charge in [0.15, 0.2) is 0 Å². The van der Waals surface area contributed by atoms with Gasteiger partial charge in [0.25, 0.3) is 0 Å². The number of para-hydroxylation sites is 1. The van der Waals surface area contributed by atoms with Crippen molar-refractivity contribution in [2.45, 2.75) is 13.3 Å². The number of rotatable bonds is 5. The van der Waals surface area contributed by atoms with Crippen molar-refractivity contribution in [2.24, 2.45) is 0 Å². The molecule has 27 heavy (non-hydrogen) atoms. The van der Waals surface area contributed by atoms with Crippen LogP contribution in [0.25, 0.3) is 22.4 Å². The third-order valence-electron chi connectivity index (χ3n) is 4.18. The lowest BCUT2D eigenvalue weighted by Crippen LogP contribution is -2.15. The molecule has 136 valence electrons. The van der Waals surface area contributed by atoms with Gasteiger partial charge in [0.05, 0.1) is 25.5 Å². The van der Waals surface area contributed by atoms with Crippen LogP contribution in [0.3, 0.4) is 0 Å². The Morgan fingerprint density at radius 3 is 2.85 bits per heavy atom. The largest absolute Gasteiger partial charge is 0.497 e. The van der Waals surface area contributed by atoms with E-state index in [0.717, 1.165) is 10.9 Å². The maximum Gasteiger partial charge on any atom is 0.228 e. The van der Waals surface area contributed by atoms with E-state index >= 15 is 0 Å². The Morgan fingerprint density at radius 1 is 1.22 bits per heavy atom. The van der Waals surface area contributed by atoms with Crippen molar-refractivity contribution >= 4 is 22.6 Å². The summed E-state index contributed by atoms with van der Waals surface area (Å²) in [6.45, 7) is 1.72. The number of furan rings is 1. The van der Waals surface area contributed by atoms with Crippen molar-refractivity contribution in [1.29, 1.82) is 0 Å². The second kappa shape index (κ2) is 6.95. The molecule has 4 aromatic rings. The maximum atomic E-state index is 12.6. The fraction of sp³-hybridized carbons (Fsp3) is 0.150. The highest BCUT2D eigenvalue weighted by Gasteiger charge is 2.15. The molecule has 0 atom stereocenters. The molecule has 2 aromatic heterocycles. The summed E-state index contributed by atoms with van der Waals surface area (Å²) in [6, 6.07) is 12.9. The zero-order valence-electron chi connectivity index (χ0n) is 14.9. The summed E-state index contributed by atoms with van der Waals surface area (Å²) >= 11 is 0. The first kappa shape index (κ1) is 16.8. The molecule has 1 N–H and O–H groups in total. The van der Waals surface area contributed by atoms with Crippen LogP contribution in [0.15, 0.2) is 57.7 Å². The SMILES string of the molecule is COc1ccc2c(CC(=O)Nc3ccccc3-c3noc(C)n3)coc2c1. The average Bonchev–Trinajstić information content (AvgIpc) is 3.28. The number of nitrogens with one attached hydrogen (secondary N) is 1. The fourth-order valence-electron chi connectivity index (χ4n) is 2.89. The number of anilines is 1. The monoisotopic (exact) mass is 363 g/mol. The van der Waals surface area contributed by atoms with E-state index < -0.39 is 0 Å². The van der Waals surface area contributed by atoms with Gasteiger partial charge < -0.3 is 19.0 Å². The summed E-state index contributed by atoms with van der Waals surface area (Å²) in [7, 11) is 1.60. The highest BCUT2D eigenvalue weighted by atomic mass is 16.5. The molecule has 4 rings (SSSR count). The molecule has 7 nitrogen and oxygen atoms in total. The molecule has 2 heterocycles. The molecular formula is C20H17N3O4. The molecule has 0 saturated carbocycles. The molecule has 0 unspecified atom stereocenters. The van der Waals surface area contributed by atoms with Gasteiger partial charge in [-0.05, 0) is 24.3 Å². The smallest absolute Gasteiger partial charge is 0.228 e. The molecule has 2 aromatic carbocycles. The molecule has 0 aliphatic rings. The van der Waals surface area contributed by atoms with Crippen LogP contribution in [-0.4, -0.2) is 23.2 Å². The lowest BCUT2D eigenvalue weighted by Gasteiger charge is -2.08. The topological polar surface area (TPSA) is 90.4 Å². The molecule has 0 bridgehead atoms. The Balaban J connectivity index is 1.56. The number of hydrogen-bond donors (Lipinski definition) is 1. The molecular weight excluding hydrogens is 346 g/mol. The molecule has 0 radical (unpaired) electrons. The van der Waals surface area contributed by atoms with E-state index in [1.807, 2.05) is 30.3 Å². The summed E-state index contributed by atoms with van der Waals surface area (Å²) in [4.78, 5) is 16.8. The predicted octanol–water partition coefficient (Wildman–Crippen LogP) is 3.98. The number of hydrogen-bond acceptors (Lipinski definition) is 6. The number of fused-ring (bicyclic) bond motifs is 1. The number of amides is 1. The van der Waals surface area contributed by atoms with Gasteiger partial charge in [-0.25, -0.2) is 0 Å². The second-order valence-electron chi connectivity index (χ2n) is 6.03. The number of ether oxygens (including phenoxy) is 1. The molecule has 0 aliphatic heterocycles. The summed E-state index contributed by atoms with van der Waals surface area (Å²) in [5.41, 5.74) is 2.81. The lowest BCUT2D eigenvalue weighted by molar-refractivity contribution is -0.115. The molecule has 0 spiro atoms. The Kier molecular flexibility index (Phi) is 4.33. The van der Waals surface area contributed by atoms with Crippen LogP contribution in [-0.2, 0) is 11.2 Å². The normalized spacial score (nSPS) is 10.9. The number of carbonyl (C=O) groups excluding carboxylic acids is 1. The van der Waals surface area contributed by atoms with Gasteiger partial charge in [-0.2, -0.15) is 4.98 Å². The average molecular weight is 363 g/mol. The van der Waals surface area contributed by atoms with E-state index in [4.69, 9.17) is 13.7 Å². The zero-order valence-corrected chi connectivity index (χ0v) is 14.9. The van der Waals surface area contributed by atoms with Crippen molar-refractivity contribution in [1.82, 2.24) is 10.1 Å². The minimum absolute atomic E-state index is 0.166. The second-order valence-corrected chi connectivity index (χ2v) is 6.03. The quantitative estimate of drug-likeness (QED) is 0.577. The van der Waals surface area contributed by atoms with E-state index in [0.29, 0.717) is 34.3 Å². The van der Waals surface area contributed by atoms with Gasteiger partial charge in [0.1, 0.15) is 11.3 Å². The Hall–Kier alpha value is -3.61. The summed E-state index contributed by atoms with van der Waals surface area (Å²) in [5, 5.41) is 7.72. The van der Waals surface area contributed by atoms with Crippen LogP contribution in [0.4, 0.5) is 5.69 Å². The molecule has 7 heteroatoms. The Bertz CT molecular complexity index is 1110. The van der Waals surface area contributed by atoms with Crippen LogP contribution in [0.5, 0.6) is 5.75 Å². The summed E-state index contributed by atoms with van der Waals surface area (Å²) in [5.74, 6) is 1.44. The molecule has 0 fully saturated rings. The van der Waals surface area contributed by atoms with E-state index in [-0.39, 0.29) is 12.3 Å². The highest BCUT2D eigenvalue weighted by Crippen LogP contribution is 2.28. The van der Waals surface area contributed by atoms with Crippen LogP contribution < -0.4 is 10.1 Å². The maximum absolute atomic E-state index is 12.6. The number of aromatic nitrogens is 2. The van der Waals surface area contributed by atoms with Crippen LogP contribution in [0.1, 0.15) is 11.5 Å². The first-order valence-electron chi connectivity index (χ1n) is 8.38. The third kappa shape index (κ3) is 3.39. The predicted molar refractivity (Wildman–Crippen MR) is 99.6 cm³/mol. The van der Waals surface area contributed by atoms with Crippen molar-refractivity contribution in [3.63, 3.8) is 0 Å². The van der Waals surface area contributed by atoms with Gasteiger partial charge in [-0.15, -0.1) is 0 Å². The van der Waals surface area contributed by atoms with Gasteiger partial charge >= 0.3 is 0 Å². The Morgan fingerprint density at radius 2 is 2.07 bits per heavy atom. The van der Waals surface area contributed by atoms with Gasteiger partial charge in [-0.3, -0.25) is 4.79 Å². The first-order chi connectivity index (χ1) is 13.1. The van der Waals surface area contributed by atoms with Gasteiger partial charge in [0, 0.05) is 29.5 Å². The van der Waals surface area contributed by atoms with Crippen LogP contribution in [0.2, 0.25) is 0 Å².